The van der Waals surface area contributed by atoms with Crippen molar-refractivity contribution in [3.05, 3.63) is 0 Å². The number of hydrogen-bond donors (Lipinski definition) is 1. The highest BCUT2D eigenvalue weighted by molar-refractivity contribution is 5.76. The quantitative estimate of drug-likeness (QED) is 0.566. The van der Waals surface area contributed by atoms with E-state index in [-0.39, 0.29) is 5.91 Å². The molecule has 1 saturated carbocycles. The minimum Gasteiger partial charge on any atom is -0.344 e. The number of carbonyl (C=O) groups excluding carboxylic acids is 1. The van der Waals surface area contributed by atoms with Gasteiger partial charge in [-0.05, 0) is 19.3 Å². The first-order valence-electron chi connectivity index (χ1n) is 4.71. The fraction of sp³-hybridized carbons (Fsp3) is 0.889. The van der Waals surface area contributed by atoms with E-state index in [1.165, 1.54) is 19.3 Å². The Kier molecular flexibility index (Phi) is 1.83. The molecular formula is C9H16N2O. The van der Waals surface area contributed by atoms with Gasteiger partial charge in [0.1, 0.15) is 0 Å². The minimum atomic E-state index is 0.284. The van der Waals surface area contributed by atoms with Crippen LogP contribution in [0.2, 0.25) is 0 Å². The first kappa shape index (κ1) is 8.05. The average molecular weight is 168 g/mol. The second-order valence-electron chi connectivity index (χ2n) is 4.06. The fourth-order valence-electron chi connectivity index (χ4n) is 2.16. The van der Waals surface area contributed by atoms with Crippen molar-refractivity contribution in [3.63, 3.8) is 0 Å². The summed E-state index contributed by atoms with van der Waals surface area (Å²) in [6.45, 7) is 1.77. The Hall–Kier alpha value is -0.570. The van der Waals surface area contributed by atoms with E-state index in [1.54, 1.807) is 0 Å². The highest BCUT2D eigenvalue weighted by atomic mass is 16.2. The molecule has 1 saturated heterocycles. The number of carbonyl (C=O) groups is 1. The van der Waals surface area contributed by atoms with E-state index in [4.69, 9.17) is 0 Å². The lowest BCUT2D eigenvalue weighted by Crippen LogP contribution is -2.56. The minimum absolute atomic E-state index is 0.284. The molecule has 3 heteroatoms. The molecule has 0 aromatic rings. The molecule has 0 aromatic carbocycles. The predicted molar refractivity (Wildman–Crippen MR) is 46.8 cm³/mol. The monoisotopic (exact) mass is 168 g/mol. The summed E-state index contributed by atoms with van der Waals surface area (Å²) in [4.78, 5) is 13.2. The maximum atomic E-state index is 11.3. The number of amides is 1. The predicted octanol–water partition coefficient (Wildman–Crippen LogP) is 0.361. The van der Waals surface area contributed by atoms with Crippen molar-refractivity contribution in [1.29, 1.82) is 0 Å². The van der Waals surface area contributed by atoms with Gasteiger partial charge in [0.15, 0.2) is 0 Å². The van der Waals surface area contributed by atoms with Crippen LogP contribution in [0.25, 0.3) is 0 Å². The van der Waals surface area contributed by atoms with Gasteiger partial charge in [0.25, 0.3) is 0 Å². The second-order valence-corrected chi connectivity index (χ2v) is 4.06. The van der Waals surface area contributed by atoms with Gasteiger partial charge in [-0.3, -0.25) is 4.79 Å². The van der Waals surface area contributed by atoms with E-state index in [9.17, 15) is 4.79 Å². The van der Waals surface area contributed by atoms with E-state index in [0.717, 1.165) is 13.1 Å². The van der Waals surface area contributed by atoms with Crippen LogP contribution in [0.1, 0.15) is 25.7 Å². The van der Waals surface area contributed by atoms with Crippen LogP contribution in [-0.2, 0) is 4.79 Å². The second kappa shape index (κ2) is 2.73. The van der Waals surface area contributed by atoms with Gasteiger partial charge >= 0.3 is 0 Å². The zero-order valence-electron chi connectivity index (χ0n) is 7.60. The van der Waals surface area contributed by atoms with Crippen molar-refractivity contribution < 1.29 is 4.79 Å². The maximum absolute atomic E-state index is 11.3. The van der Waals surface area contributed by atoms with Crippen LogP contribution in [-0.4, -0.2) is 36.5 Å². The highest BCUT2D eigenvalue weighted by Crippen LogP contribution is 2.33. The molecule has 0 atom stereocenters. The Morgan fingerprint density at radius 2 is 2.25 bits per heavy atom. The summed E-state index contributed by atoms with van der Waals surface area (Å²) >= 11 is 0. The highest BCUT2D eigenvalue weighted by Gasteiger charge is 2.39. The molecule has 0 radical (unpaired) electrons. The van der Waals surface area contributed by atoms with Crippen molar-refractivity contribution in [1.82, 2.24) is 10.2 Å². The van der Waals surface area contributed by atoms with E-state index in [0.29, 0.717) is 12.0 Å². The molecule has 3 nitrogen and oxygen atoms in total. The number of rotatable bonds is 0. The molecule has 2 aliphatic rings. The van der Waals surface area contributed by atoms with Crippen LogP contribution in [0.4, 0.5) is 0 Å². The van der Waals surface area contributed by atoms with Gasteiger partial charge in [-0.25, -0.2) is 0 Å². The molecule has 1 N–H and O–H groups in total. The van der Waals surface area contributed by atoms with Crippen LogP contribution in [0.5, 0.6) is 0 Å². The third kappa shape index (κ3) is 1.22. The molecule has 2 rings (SSSR count). The average Bonchev–Trinajstić information content (AvgIpc) is 2.11. The SMILES string of the molecule is CN1CC2(CCC2)NCCC1=O. The van der Waals surface area contributed by atoms with Gasteiger partial charge in [-0.1, -0.05) is 0 Å². The number of nitrogens with one attached hydrogen (secondary N) is 1. The third-order valence-electron chi connectivity index (χ3n) is 3.12. The Morgan fingerprint density at radius 1 is 1.50 bits per heavy atom. The van der Waals surface area contributed by atoms with Crippen molar-refractivity contribution in [2.75, 3.05) is 20.1 Å². The summed E-state index contributed by atoms with van der Waals surface area (Å²) < 4.78 is 0. The van der Waals surface area contributed by atoms with E-state index in [1.807, 2.05) is 11.9 Å². The Balaban J connectivity index is 2.05. The molecule has 68 valence electrons. The lowest BCUT2D eigenvalue weighted by Gasteiger charge is -2.43. The molecule has 12 heavy (non-hydrogen) atoms. The summed E-state index contributed by atoms with van der Waals surface area (Å²) in [7, 11) is 1.91. The van der Waals surface area contributed by atoms with E-state index in [2.05, 4.69) is 5.32 Å². The summed E-state index contributed by atoms with van der Waals surface area (Å²) in [6.07, 6.45) is 4.46. The van der Waals surface area contributed by atoms with Crippen LogP contribution in [0, 0.1) is 0 Å². The van der Waals surface area contributed by atoms with Crippen LogP contribution >= 0.6 is 0 Å². The normalized spacial score (nSPS) is 28.4. The van der Waals surface area contributed by atoms with Gasteiger partial charge < -0.3 is 10.2 Å². The lowest BCUT2D eigenvalue weighted by atomic mass is 9.76. The molecule has 0 unspecified atom stereocenters. The van der Waals surface area contributed by atoms with Crippen molar-refractivity contribution in [3.8, 4) is 0 Å². The molecule has 0 bridgehead atoms. The van der Waals surface area contributed by atoms with Crippen molar-refractivity contribution in [2.24, 2.45) is 0 Å². The number of likely N-dealkylation sites (N-methyl/N-ethyl adjacent to an activating group) is 1. The van der Waals surface area contributed by atoms with E-state index >= 15 is 0 Å². The summed E-state index contributed by atoms with van der Waals surface area (Å²) in [5.74, 6) is 0.284. The standard InChI is InChI=1S/C9H16N2O/c1-11-7-9(4-2-5-9)10-6-3-8(11)12/h10H,2-7H2,1H3. The fourth-order valence-corrected chi connectivity index (χ4v) is 2.16. The Bertz CT molecular complexity index is 199. The first-order chi connectivity index (χ1) is 5.72. The van der Waals surface area contributed by atoms with Gasteiger partial charge in [0.05, 0.1) is 0 Å². The lowest BCUT2D eigenvalue weighted by molar-refractivity contribution is -0.129. The number of nitrogens with zero attached hydrogens (tertiary/aromatic N) is 1. The molecule has 1 aliphatic carbocycles. The zero-order valence-corrected chi connectivity index (χ0v) is 7.60. The van der Waals surface area contributed by atoms with Crippen LogP contribution in [0.3, 0.4) is 0 Å². The third-order valence-corrected chi connectivity index (χ3v) is 3.12. The van der Waals surface area contributed by atoms with Gasteiger partial charge in [0, 0.05) is 32.1 Å². The maximum Gasteiger partial charge on any atom is 0.223 e. The largest absolute Gasteiger partial charge is 0.344 e. The summed E-state index contributed by atoms with van der Waals surface area (Å²) in [6, 6.07) is 0. The molecule has 1 amide bonds. The first-order valence-corrected chi connectivity index (χ1v) is 4.71. The molecule has 1 aliphatic heterocycles. The Morgan fingerprint density at radius 3 is 2.83 bits per heavy atom. The smallest absolute Gasteiger partial charge is 0.223 e. The van der Waals surface area contributed by atoms with Crippen molar-refractivity contribution >= 4 is 5.91 Å². The van der Waals surface area contributed by atoms with Crippen molar-refractivity contribution in [2.45, 2.75) is 31.2 Å². The van der Waals surface area contributed by atoms with Gasteiger partial charge in [0.2, 0.25) is 5.91 Å². The van der Waals surface area contributed by atoms with Gasteiger partial charge in [-0.2, -0.15) is 0 Å². The van der Waals surface area contributed by atoms with Crippen LogP contribution < -0.4 is 5.32 Å². The number of hydrogen-bond acceptors (Lipinski definition) is 2. The van der Waals surface area contributed by atoms with Crippen LogP contribution in [0.15, 0.2) is 0 Å². The molecule has 2 fully saturated rings. The summed E-state index contributed by atoms with van der Waals surface area (Å²) in [5, 5.41) is 3.49. The Labute approximate surface area is 73.1 Å². The summed E-state index contributed by atoms with van der Waals surface area (Å²) in [5.41, 5.74) is 0.293. The molecule has 0 aromatic heterocycles. The molecule has 1 spiro atoms. The zero-order chi connectivity index (χ0) is 8.60. The molecule has 1 heterocycles. The van der Waals surface area contributed by atoms with Gasteiger partial charge in [-0.15, -0.1) is 0 Å². The van der Waals surface area contributed by atoms with E-state index < -0.39 is 0 Å². The molecular weight excluding hydrogens is 152 g/mol. The topological polar surface area (TPSA) is 32.3 Å².